The number of hydrazine groups is 1. The van der Waals surface area contributed by atoms with Crippen molar-refractivity contribution in [1.82, 2.24) is 10.9 Å². The maximum Gasteiger partial charge on any atom is 0.265 e. The molecule has 0 heterocycles. The Morgan fingerprint density at radius 1 is 1.37 bits per heavy atom. The predicted molar refractivity (Wildman–Crippen MR) is 79.7 cm³/mol. The normalized spacial score (nSPS) is 13.9. The smallest absolute Gasteiger partial charge is 0.265 e. The minimum absolute atomic E-state index is 0.111. The second kappa shape index (κ2) is 7.10. The lowest BCUT2D eigenvalue weighted by Crippen LogP contribution is -2.52. The molecule has 104 valence electrons. The van der Waals surface area contributed by atoms with Crippen molar-refractivity contribution in [3.63, 3.8) is 0 Å². The molecule has 2 N–H and O–H groups in total. The molecule has 0 saturated heterocycles. The third-order valence-corrected chi connectivity index (χ3v) is 2.97. The molecular formula is C16H24N2O. The van der Waals surface area contributed by atoms with Crippen molar-refractivity contribution < 1.29 is 4.79 Å². The monoisotopic (exact) mass is 260 g/mol. The summed E-state index contributed by atoms with van der Waals surface area (Å²) < 4.78 is 0. The van der Waals surface area contributed by atoms with Gasteiger partial charge < -0.3 is 0 Å². The van der Waals surface area contributed by atoms with Gasteiger partial charge in [-0.15, -0.1) is 6.58 Å². The van der Waals surface area contributed by atoms with Gasteiger partial charge >= 0.3 is 0 Å². The summed E-state index contributed by atoms with van der Waals surface area (Å²) in [6.07, 6.45) is 3.65. The van der Waals surface area contributed by atoms with Gasteiger partial charge in [-0.2, -0.15) is 0 Å². The molecule has 1 atom stereocenters. The van der Waals surface area contributed by atoms with Crippen molar-refractivity contribution in [2.75, 3.05) is 0 Å². The molecule has 1 aromatic carbocycles. The zero-order valence-corrected chi connectivity index (χ0v) is 12.1. The van der Waals surface area contributed by atoms with Gasteiger partial charge in [0.25, 0.3) is 5.91 Å². The summed E-state index contributed by atoms with van der Waals surface area (Å²) in [5.41, 5.74) is 6.44. The Morgan fingerprint density at radius 2 is 2.00 bits per heavy atom. The van der Waals surface area contributed by atoms with E-state index in [2.05, 4.69) is 38.2 Å². The van der Waals surface area contributed by atoms with E-state index >= 15 is 0 Å². The van der Waals surface area contributed by atoms with Crippen LogP contribution in [0.3, 0.4) is 0 Å². The Morgan fingerprint density at radius 3 is 2.53 bits per heavy atom. The van der Waals surface area contributed by atoms with E-state index in [-0.39, 0.29) is 11.4 Å². The molecule has 1 unspecified atom stereocenters. The second-order valence-electron chi connectivity index (χ2n) is 5.60. The van der Waals surface area contributed by atoms with Gasteiger partial charge in [0.1, 0.15) is 0 Å². The standard InChI is InChI=1S/C16H24N2O/c1-5-11-16(4,12-13(2)3)18-17-15(19)14-9-7-6-8-10-14/h5-10,13,18H,1,11-12H2,2-4H3,(H,17,19). The van der Waals surface area contributed by atoms with Crippen LogP contribution >= 0.6 is 0 Å². The molecule has 0 saturated carbocycles. The number of rotatable bonds is 7. The third-order valence-electron chi connectivity index (χ3n) is 2.97. The molecule has 0 aliphatic carbocycles. The molecule has 0 radical (unpaired) electrons. The van der Waals surface area contributed by atoms with Crippen LogP contribution in [0.4, 0.5) is 0 Å². The Hall–Kier alpha value is -1.61. The van der Waals surface area contributed by atoms with Crippen molar-refractivity contribution in [2.45, 2.75) is 39.2 Å². The Labute approximate surface area is 116 Å². The molecule has 0 fully saturated rings. The first kappa shape index (κ1) is 15.4. The zero-order valence-electron chi connectivity index (χ0n) is 12.1. The fourth-order valence-electron chi connectivity index (χ4n) is 2.27. The molecule has 1 aromatic rings. The number of carbonyl (C=O) groups is 1. The minimum Gasteiger partial charge on any atom is -0.287 e. The van der Waals surface area contributed by atoms with E-state index < -0.39 is 0 Å². The Bertz CT molecular complexity index is 414. The Balaban J connectivity index is 2.61. The second-order valence-corrected chi connectivity index (χ2v) is 5.60. The van der Waals surface area contributed by atoms with Gasteiger partial charge in [0, 0.05) is 11.1 Å². The quantitative estimate of drug-likeness (QED) is 0.583. The topological polar surface area (TPSA) is 41.1 Å². The maximum absolute atomic E-state index is 12.0. The van der Waals surface area contributed by atoms with Crippen LogP contribution in [0, 0.1) is 5.92 Å². The van der Waals surface area contributed by atoms with Crippen molar-refractivity contribution in [1.29, 1.82) is 0 Å². The third kappa shape index (κ3) is 5.26. The lowest BCUT2D eigenvalue weighted by Gasteiger charge is -2.31. The van der Waals surface area contributed by atoms with Crippen LogP contribution in [0.25, 0.3) is 0 Å². The largest absolute Gasteiger partial charge is 0.287 e. The summed E-state index contributed by atoms with van der Waals surface area (Å²) in [5, 5.41) is 0. The minimum atomic E-state index is -0.166. The molecule has 3 heteroatoms. The van der Waals surface area contributed by atoms with Crippen LogP contribution in [0.1, 0.15) is 44.0 Å². The molecule has 0 aromatic heterocycles. The zero-order chi connectivity index (χ0) is 14.3. The molecule has 0 bridgehead atoms. The van der Waals surface area contributed by atoms with E-state index in [1.807, 2.05) is 24.3 Å². The van der Waals surface area contributed by atoms with E-state index in [9.17, 15) is 4.79 Å². The van der Waals surface area contributed by atoms with Gasteiger partial charge in [-0.1, -0.05) is 38.1 Å². The lowest BCUT2D eigenvalue weighted by molar-refractivity contribution is 0.0900. The van der Waals surface area contributed by atoms with Crippen LogP contribution in [0.5, 0.6) is 0 Å². The average molecular weight is 260 g/mol. The number of carbonyl (C=O) groups excluding carboxylic acids is 1. The van der Waals surface area contributed by atoms with Gasteiger partial charge in [-0.3, -0.25) is 10.2 Å². The first-order valence-electron chi connectivity index (χ1n) is 6.70. The van der Waals surface area contributed by atoms with Gasteiger partial charge in [-0.25, -0.2) is 5.43 Å². The van der Waals surface area contributed by atoms with Crippen molar-refractivity contribution in [3.05, 3.63) is 48.6 Å². The summed E-state index contributed by atoms with van der Waals surface area (Å²) in [4.78, 5) is 12.0. The Kier molecular flexibility index (Phi) is 5.77. The summed E-state index contributed by atoms with van der Waals surface area (Å²) in [5.74, 6) is 0.436. The van der Waals surface area contributed by atoms with Crippen LogP contribution < -0.4 is 10.9 Å². The van der Waals surface area contributed by atoms with Crippen LogP contribution in [-0.2, 0) is 0 Å². The number of benzene rings is 1. The van der Waals surface area contributed by atoms with Crippen molar-refractivity contribution in [3.8, 4) is 0 Å². The molecule has 3 nitrogen and oxygen atoms in total. The van der Waals surface area contributed by atoms with Gasteiger partial charge in [0.2, 0.25) is 0 Å². The summed E-state index contributed by atoms with van der Waals surface area (Å²) >= 11 is 0. The van der Waals surface area contributed by atoms with E-state index in [1.54, 1.807) is 12.1 Å². The summed E-state index contributed by atoms with van der Waals surface area (Å²) in [7, 11) is 0. The first-order valence-corrected chi connectivity index (χ1v) is 6.70. The highest BCUT2D eigenvalue weighted by Crippen LogP contribution is 2.20. The number of amides is 1. The molecular weight excluding hydrogens is 236 g/mol. The van der Waals surface area contributed by atoms with Gasteiger partial charge in [0.15, 0.2) is 0 Å². The molecule has 0 aliphatic rings. The maximum atomic E-state index is 12.0. The highest BCUT2D eigenvalue weighted by Gasteiger charge is 2.24. The highest BCUT2D eigenvalue weighted by atomic mass is 16.2. The average Bonchev–Trinajstić information content (AvgIpc) is 2.36. The fourth-order valence-corrected chi connectivity index (χ4v) is 2.27. The summed E-state index contributed by atoms with van der Waals surface area (Å²) in [6, 6.07) is 9.19. The van der Waals surface area contributed by atoms with E-state index in [4.69, 9.17) is 0 Å². The van der Waals surface area contributed by atoms with E-state index in [0.717, 1.165) is 12.8 Å². The van der Waals surface area contributed by atoms with Crippen molar-refractivity contribution >= 4 is 5.91 Å². The van der Waals surface area contributed by atoms with E-state index in [1.165, 1.54) is 0 Å². The van der Waals surface area contributed by atoms with Gasteiger partial charge in [-0.05, 0) is 37.8 Å². The number of hydrogen-bond acceptors (Lipinski definition) is 2. The van der Waals surface area contributed by atoms with Crippen LogP contribution in [0.2, 0.25) is 0 Å². The molecule has 1 amide bonds. The van der Waals surface area contributed by atoms with Crippen molar-refractivity contribution in [2.24, 2.45) is 5.92 Å². The predicted octanol–water partition coefficient (Wildman–Crippen LogP) is 3.30. The fraction of sp³-hybridized carbons (Fsp3) is 0.438. The van der Waals surface area contributed by atoms with Crippen LogP contribution in [0.15, 0.2) is 43.0 Å². The molecule has 0 aliphatic heterocycles. The highest BCUT2D eigenvalue weighted by molar-refractivity contribution is 5.93. The molecule has 19 heavy (non-hydrogen) atoms. The number of nitrogens with one attached hydrogen (secondary N) is 2. The first-order chi connectivity index (χ1) is 8.97. The summed E-state index contributed by atoms with van der Waals surface area (Å²) in [6.45, 7) is 10.2. The molecule has 0 spiro atoms. The molecule has 1 rings (SSSR count). The van der Waals surface area contributed by atoms with Crippen LogP contribution in [-0.4, -0.2) is 11.4 Å². The van der Waals surface area contributed by atoms with Gasteiger partial charge in [0.05, 0.1) is 0 Å². The lowest BCUT2D eigenvalue weighted by atomic mass is 9.88. The SMILES string of the molecule is C=CCC(C)(CC(C)C)NNC(=O)c1ccccc1. The number of hydrogen-bond donors (Lipinski definition) is 2. The van der Waals surface area contributed by atoms with E-state index in [0.29, 0.717) is 11.5 Å².